The molecule has 6 heterocycles. The molecular weight excluding hydrogens is 773 g/mol. The van der Waals surface area contributed by atoms with Crippen molar-refractivity contribution in [2.24, 2.45) is 0 Å². The van der Waals surface area contributed by atoms with Gasteiger partial charge in [-0.05, 0) is 73.1 Å². The summed E-state index contributed by atoms with van der Waals surface area (Å²) in [4.78, 5) is 71.4. The zero-order valence-corrected chi connectivity index (χ0v) is 34.1. The van der Waals surface area contributed by atoms with E-state index in [0.29, 0.717) is 32.2 Å². The molecule has 0 radical (unpaired) electrons. The topological polar surface area (TPSA) is 152 Å². The summed E-state index contributed by atoms with van der Waals surface area (Å²) in [7, 11) is 3.46. The third kappa shape index (κ3) is 8.85. The highest BCUT2D eigenvalue weighted by atomic mass is 32.1. The standard InChI is InChI=1S/2C20H16N4O2S.C3H6O/c2*1-13(25)23(2)15-6-3-5-14(11-15)17-8-9-21-20-16(12-22-24(17)20)19(26)18-7-4-10-27-18;1-3(2)4/h2*3-12H,1-2H3;1-2H3. The summed E-state index contributed by atoms with van der Waals surface area (Å²) in [5.74, 6) is -0.102. The number of carbonyl (C=O) groups excluding carboxylic acids is 5. The lowest BCUT2D eigenvalue weighted by molar-refractivity contribution is -0.117. The molecule has 0 unspecified atom stereocenters. The molecule has 0 N–H and O–H groups in total. The molecule has 0 aliphatic heterocycles. The molecule has 0 spiro atoms. The minimum atomic E-state index is -0.0882. The van der Waals surface area contributed by atoms with E-state index >= 15 is 0 Å². The smallest absolute Gasteiger partial charge is 0.223 e. The third-order valence-corrected chi connectivity index (χ3v) is 10.5. The van der Waals surface area contributed by atoms with E-state index in [9.17, 15) is 24.0 Å². The van der Waals surface area contributed by atoms with Crippen molar-refractivity contribution in [2.45, 2.75) is 27.7 Å². The van der Waals surface area contributed by atoms with Crippen molar-refractivity contribution >= 4 is 74.5 Å². The maximum Gasteiger partial charge on any atom is 0.223 e. The Hall–Kier alpha value is -6.97. The molecule has 8 rings (SSSR count). The fourth-order valence-electron chi connectivity index (χ4n) is 5.73. The van der Waals surface area contributed by atoms with Crippen LogP contribution in [0.25, 0.3) is 33.8 Å². The summed E-state index contributed by atoms with van der Waals surface area (Å²) < 4.78 is 3.32. The molecule has 0 saturated carbocycles. The van der Waals surface area contributed by atoms with Crippen molar-refractivity contribution < 1.29 is 24.0 Å². The first-order valence-electron chi connectivity index (χ1n) is 17.8. The fraction of sp³-hybridized carbons (Fsp3) is 0.140. The normalized spacial score (nSPS) is 10.6. The Morgan fingerprint density at radius 1 is 0.552 bits per heavy atom. The van der Waals surface area contributed by atoms with Gasteiger partial charge in [-0.2, -0.15) is 10.2 Å². The van der Waals surface area contributed by atoms with E-state index in [1.54, 1.807) is 69.8 Å². The van der Waals surface area contributed by atoms with Crippen molar-refractivity contribution in [1.29, 1.82) is 0 Å². The Morgan fingerprint density at radius 2 is 0.948 bits per heavy atom. The summed E-state index contributed by atoms with van der Waals surface area (Å²) in [5.41, 5.74) is 6.88. The Bertz CT molecular complexity index is 2580. The zero-order chi connectivity index (χ0) is 41.5. The lowest BCUT2D eigenvalue weighted by atomic mass is 10.1. The van der Waals surface area contributed by atoms with E-state index in [2.05, 4.69) is 20.2 Å². The van der Waals surface area contributed by atoms with Crippen LogP contribution in [0.4, 0.5) is 11.4 Å². The number of hydrogen-bond donors (Lipinski definition) is 0. The average Bonchev–Trinajstić information content (AvgIpc) is 4.07. The first-order valence-corrected chi connectivity index (χ1v) is 19.6. The van der Waals surface area contributed by atoms with Gasteiger partial charge in [0.15, 0.2) is 11.3 Å². The molecule has 0 aliphatic carbocycles. The lowest BCUT2D eigenvalue weighted by Gasteiger charge is -2.16. The van der Waals surface area contributed by atoms with E-state index in [1.165, 1.54) is 50.4 Å². The third-order valence-electron chi connectivity index (χ3n) is 8.78. The summed E-state index contributed by atoms with van der Waals surface area (Å²) in [6, 6.07) is 26.2. The molecule has 292 valence electrons. The molecular formula is C43H38N8O5S2. The first kappa shape index (κ1) is 40.7. The van der Waals surface area contributed by atoms with Gasteiger partial charge in [-0.3, -0.25) is 19.2 Å². The number of Topliss-reactive ketones (excluding diaryl/α,β-unsaturated/α-hetero) is 1. The lowest BCUT2D eigenvalue weighted by Crippen LogP contribution is -2.22. The van der Waals surface area contributed by atoms with Crippen molar-refractivity contribution in [3.63, 3.8) is 0 Å². The van der Waals surface area contributed by atoms with Crippen LogP contribution in [0, 0.1) is 0 Å². The van der Waals surface area contributed by atoms with E-state index in [4.69, 9.17) is 0 Å². The number of rotatable bonds is 8. The van der Waals surface area contributed by atoms with Gasteiger partial charge in [0.05, 0.1) is 44.7 Å². The highest BCUT2D eigenvalue weighted by Crippen LogP contribution is 2.28. The molecule has 0 aliphatic rings. The van der Waals surface area contributed by atoms with Crippen LogP contribution in [0.1, 0.15) is 58.2 Å². The molecule has 2 amide bonds. The van der Waals surface area contributed by atoms with Gasteiger partial charge in [-0.25, -0.2) is 19.0 Å². The molecule has 13 nitrogen and oxygen atoms in total. The number of carbonyl (C=O) groups is 5. The number of nitrogens with zero attached hydrogens (tertiary/aromatic N) is 8. The van der Waals surface area contributed by atoms with Crippen LogP contribution in [-0.4, -0.2) is 72.5 Å². The van der Waals surface area contributed by atoms with E-state index in [0.717, 1.165) is 33.9 Å². The van der Waals surface area contributed by atoms with Crippen LogP contribution in [0.2, 0.25) is 0 Å². The second-order valence-electron chi connectivity index (χ2n) is 13.0. The predicted molar refractivity (Wildman–Crippen MR) is 227 cm³/mol. The monoisotopic (exact) mass is 810 g/mol. The number of anilines is 2. The predicted octanol–water partition coefficient (Wildman–Crippen LogP) is 7.94. The van der Waals surface area contributed by atoms with Gasteiger partial charge in [0.25, 0.3) is 0 Å². The Labute approximate surface area is 341 Å². The molecule has 15 heteroatoms. The number of aromatic nitrogens is 6. The van der Waals surface area contributed by atoms with Gasteiger partial charge in [0, 0.05) is 62.8 Å². The Balaban J connectivity index is 0.000000179. The summed E-state index contributed by atoms with van der Waals surface area (Å²) in [5, 5.41) is 12.5. The van der Waals surface area contributed by atoms with Crippen molar-refractivity contribution in [3.05, 3.63) is 141 Å². The van der Waals surface area contributed by atoms with E-state index in [-0.39, 0.29) is 29.2 Å². The van der Waals surface area contributed by atoms with Crippen LogP contribution < -0.4 is 9.80 Å². The van der Waals surface area contributed by atoms with Crippen molar-refractivity contribution in [2.75, 3.05) is 23.9 Å². The molecule has 0 atom stereocenters. The fourth-order valence-corrected chi connectivity index (χ4v) is 7.09. The highest BCUT2D eigenvalue weighted by molar-refractivity contribution is 7.12. The number of thiophene rings is 2. The maximum absolute atomic E-state index is 12.7. The van der Waals surface area contributed by atoms with Crippen LogP contribution in [0.3, 0.4) is 0 Å². The summed E-state index contributed by atoms with van der Waals surface area (Å²) in [6.45, 7) is 6.10. The molecule has 0 fully saturated rings. The summed E-state index contributed by atoms with van der Waals surface area (Å²) in [6.07, 6.45) is 6.44. The molecule has 2 aromatic carbocycles. The second kappa shape index (κ2) is 17.9. The summed E-state index contributed by atoms with van der Waals surface area (Å²) >= 11 is 2.79. The minimum Gasteiger partial charge on any atom is -0.316 e. The number of hydrogen-bond acceptors (Lipinski definition) is 11. The van der Waals surface area contributed by atoms with Gasteiger partial charge < -0.3 is 14.6 Å². The Morgan fingerprint density at radius 3 is 1.29 bits per heavy atom. The average molecular weight is 811 g/mol. The van der Waals surface area contributed by atoms with E-state index < -0.39 is 0 Å². The number of benzene rings is 2. The second-order valence-corrected chi connectivity index (χ2v) is 14.9. The van der Waals surface area contributed by atoms with Crippen LogP contribution >= 0.6 is 22.7 Å². The SMILES string of the molecule is CC(=O)N(C)c1cccc(-c2ccnc3c(C(=O)c4cccs4)cnn23)c1.CC(=O)N(C)c1cccc(-c2ccnc3c(C(=O)c4cccs4)cnn23)c1.CC(C)=O. The van der Waals surface area contributed by atoms with Gasteiger partial charge in [0.1, 0.15) is 5.78 Å². The van der Waals surface area contributed by atoms with Crippen LogP contribution in [0.5, 0.6) is 0 Å². The van der Waals surface area contributed by atoms with Gasteiger partial charge in [0.2, 0.25) is 23.4 Å². The molecule has 58 heavy (non-hydrogen) atoms. The van der Waals surface area contributed by atoms with E-state index in [1.807, 2.05) is 83.6 Å². The quantitative estimate of drug-likeness (QED) is 0.139. The van der Waals surface area contributed by atoms with Gasteiger partial charge >= 0.3 is 0 Å². The van der Waals surface area contributed by atoms with Gasteiger partial charge in [-0.15, -0.1) is 22.7 Å². The number of fused-ring (bicyclic) bond motifs is 2. The number of amides is 2. The molecule has 0 saturated heterocycles. The molecule has 6 aromatic heterocycles. The van der Waals surface area contributed by atoms with Gasteiger partial charge in [-0.1, -0.05) is 36.4 Å². The first-order chi connectivity index (χ1) is 27.8. The van der Waals surface area contributed by atoms with Crippen LogP contribution in [-0.2, 0) is 14.4 Å². The molecule has 8 aromatic rings. The van der Waals surface area contributed by atoms with Crippen molar-refractivity contribution in [1.82, 2.24) is 29.2 Å². The minimum absolute atomic E-state index is 0.0463. The Kier molecular flexibility index (Phi) is 12.5. The van der Waals surface area contributed by atoms with Crippen LogP contribution in [0.15, 0.2) is 120 Å². The number of ketones is 3. The zero-order valence-electron chi connectivity index (χ0n) is 32.5. The maximum atomic E-state index is 12.7. The largest absolute Gasteiger partial charge is 0.316 e. The van der Waals surface area contributed by atoms with Crippen molar-refractivity contribution in [3.8, 4) is 22.5 Å². The highest BCUT2D eigenvalue weighted by Gasteiger charge is 2.20. The molecule has 0 bridgehead atoms.